The molecule has 0 radical (unpaired) electrons. The van der Waals surface area contributed by atoms with Crippen molar-refractivity contribution in [2.75, 3.05) is 31.1 Å². The predicted molar refractivity (Wildman–Crippen MR) is 87.7 cm³/mol. The van der Waals surface area contributed by atoms with Crippen LogP contribution in [0, 0.1) is 17.7 Å². The average Bonchev–Trinajstić information content (AvgIpc) is 3.23. The van der Waals surface area contributed by atoms with Crippen molar-refractivity contribution in [2.24, 2.45) is 11.8 Å². The van der Waals surface area contributed by atoms with Gasteiger partial charge in [-0.2, -0.15) is 0 Å². The lowest BCUT2D eigenvalue weighted by Gasteiger charge is -2.38. The molecule has 25 heavy (non-hydrogen) atoms. The van der Waals surface area contributed by atoms with E-state index in [4.69, 9.17) is 4.74 Å². The van der Waals surface area contributed by atoms with Crippen molar-refractivity contribution >= 4 is 17.6 Å². The third-order valence-electron chi connectivity index (χ3n) is 5.63. The van der Waals surface area contributed by atoms with E-state index in [1.807, 2.05) is 0 Å². The average molecular weight is 348 g/mol. The summed E-state index contributed by atoms with van der Waals surface area (Å²) in [5.74, 6) is -2.59. The van der Waals surface area contributed by atoms with Gasteiger partial charge in [0, 0.05) is 31.9 Å². The van der Waals surface area contributed by atoms with Crippen molar-refractivity contribution in [2.45, 2.75) is 25.0 Å². The summed E-state index contributed by atoms with van der Waals surface area (Å²) < 4.78 is 18.7. The van der Waals surface area contributed by atoms with Crippen LogP contribution < -0.4 is 4.90 Å². The van der Waals surface area contributed by atoms with Gasteiger partial charge in [0.1, 0.15) is 5.82 Å². The molecule has 134 valence electrons. The van der Waals surface area contributed by atoms with Crippen LogP contribution in [0.4, 0.5) is 10.1 Å². The minimum absolute atomic E-state index is 0.0987. The number of carbonyl (C=O) groups is 2. The molecule has 3 fully saturated rings. The van der Waals surface area contributed by atoms with Gasteiger partial charge < -0.3 is 19.6 Å². The molecule has 0 spiro atoms. The van der Waals surface area contributed by atoms with Crippen molar-refractivity contribution in [1.29, 1.82) is 0 Å². The molecule has 1 aromatic carbocycles. The normalized spacial score (nSPS) is 31.4. The SMILES string of the molecule is O=C(O)[C@@H]1[C@@H](C(=O)N2CCN(c3ccc(F)cc3)CC2)[C@H]2CC[C@H]1O2. The van der Waals surface area contributed by atoms with E-state index in [-0.39, 0.29) is 23.9 Å². The zero-order valence-electron chi connectivity index (χ0n) is 13.8. The molecule has 2 bridgehead atoms. The molecule has 1 aromatic rings. The second-order valence-corrected chi connectivity index (χ2v) is 6.97. The van der Waals surface area contributed by atoms with E-state index in [2.05, 4.69) is 4.90 Å². The first-order valence-corrected chi connectivity index (χ1v) is 8.72. The number of fused-ring (bicyclic) bond motifs is 2. The van der Waals surface area contributed by atoms with Gasteiger partial charge in [0.15, 0.2) is 0 Å². The monoisotopic (exact) mass is 348 g/mol. The molecule has 7 heteroatoms. The molecule has 3 aliphatic rings. The first-order valence-electron chi connectivity index (χ1n) is 8.72. The molecule has 1 amide bonds. The quantitative estimate of drug-likeness (QED) is 0.893. The summed E-state index contributed by atoms with van der Waals surface area (Å²) in [5, 5.41) is 9.48. The van der Waals surface area contributed by atoms with Crippen LogP contribution in [-0.4, -0.2) is 60.3 Å². The Hall–Kier alpha value is -2.15. The first-order chi connectivity index (χ1) is 12.0. The van der Waals surface area contributed by atoms with E-state index in [0.29, 0.717) is 26.2 Å². The van der Waals surface area contributed by atoms with Crippen molar-refractivity contribution in [3.63, 3.8) is 0 Å². The highest BCUT2D eigenvalue weighted by Crippen LogP contribution is 2.44. The molecular formula is C18H21FN2O4. The molecule has 4 rings (SSSR count). The van der Waals surface area contributed by atoms with Gasteiger partial charge in [-0.25, -0.2) is 4.39 Å². The third-order valence-corrected chi connectivity index (χ3v) is 5.63. The summed E-state index contributed by atoms with van der Waals surface area (Å²) in [6.45, 7) is 2.38. The van der Waals surface area contributed by atoms with Crippen LogP contribution in [0.5, 0.6) is 0 Å². The van der Waals surface area contributed by atoms with E-state index >= 15 is 0 Å². The molecular weight excluding hydrogens is 327 g/mol. The van der Waals surface area contributed by atoms with Gasteiger partial charge in [-0.05, 0) is 37.1 Å². The Labute approximate surface area is 145 Å². The number of benzene rings is 1. The zero-order valence-corrected chi connectivity index (χ0v) is 13.8. The number of halogens is 1. The van der Waals surface area contributed by atoms with Crippen LogP contribution >= 0.6 is 0 Å². The molecule has 0 saturated carbocycles. The van der Waals surface area contributed by atoms with Crippen molar-refractivity contribution < 1.29 is 23.8 Å². The number of hydrogen-bond acceptors (Lipinski definition) is 4. The van der Waals surface area contributed by atoms with E-state index in [1.165, 1.54) is 12.1 Å². The van der Waals surface area contributed by atoms with Crippen LogP contribution in [0.15, 0.2) is 24.3 Å². The maximum atomic E-state index is 13.0. The Morgan fingerprint density at radius 3 is 2.20 bits per heavy atom. The van der Waals surface area contributed by atoms with Crippen molar-refractivity contribution in [3.8, 4) is 0 Å². The number of rotatable bonds is 3. The Bertz CT molecular complexity index is 672. The number of nitrogens with zero attached hydrogens (tertiary/aromatic N) is 2. The van der Waals surface area contributed by atoms with Gasteiger partial charge in [0.2, 0.25) is 5.91 Å². The predicted octanol–water partition coefficient (Wildman–Crippen LogP) is 1.35. The highest BCUT2D eigenvalue weighted by Gasteiger charge is 2.56. The molecule has 3 saturated heterocycles. The van der Waals surface area contributed by atoms with E-state index in [0.717, 1.165) is 18.5 Å². The second-order valence-electron chi connectivity index (χ2n) is 6.97. The molecule has 1 N–H and O–H groups in total. The van der Waals surface area contributed by atoms with Crippen LogP contribution in [0.3, 0.4) is 0 Å². The molecule has 0 aliphatic carbocycles. The fourth-order valence-electron chi connectivity index (χ4n) is 4.35. The fourth-order valence-corrected chi connectivity index (χ4v) is 4.35. The third kappa shape index (κ3) is 2.86. The van der Waals surface area contributed by atoms with Crippen molar-refractivity contribution in [3.05, 3.63) is 30.1 Å². The van der Waals surface area contributed by atoms with Gasteiger partial charge in [0.05, 0.1) is 24.0 Å². The zero-order chi connectivity index (χ0) is 17.6. The van der Waals surface area contributed by atoms with Crippen LogP contribution in [0.2, 0.25) is 0 Å². The minimum Gasteiger partial charge on any atom is -0.481 e. The van der Waals surface area contributed by atoms with Gasteiger partial charge in [-0.3, -0.25) is 9.59 Å². The van der Waals surface area contributed by atoms with Gasteiger partial charge in [0.25, 0.3) is 0 Å². The lowest BCUT2D eigenvalue weighted by atomic mass is 9.78. The molecule has 0 aromatic heterocycles. The van der Waals surface area contributed by atoms with E-state index in [1.54, 1.807) is 17.0 Å². The minimum atomic E-state index is -0.935. The number of aliphatic carboxylic acids is 1. The summed E-state index contributed by atoms with van der Waals surface area (Å²) in [4.78, 5) is 28.3. The molecule has 3 aliphatic heterocycles. The number of piperazine rings is 1. The van der Waals surface area contributed by atoms with Gasteiger partial charge in [-0.15, -0.1) is 0 Å². The number of amides is 1. The molecule has 3 heterocycles. The summed E-state index contributed by atoms with van der Waals surface area (Å²) in [7, 11) is 0. The number of carboxylic acid groups (broad SMARTS) is 1. The smallest absolute Gasteiger partial charge is 0.310 e. The maximum Gasteiger partial charge on any atom is 0.310 e. The number of carbonyl (C=O) groups excluding carboxylic acids is 1. The van der Waals surface area contributed by atoms with Gasteiger partial charge >= 0.3 is 5.97 Å². The second kappa shape index (κ2) is 6.29. The van der Waals surface area contributed by atoms with Crippen LogP contribution in [-0.2, 0) is 14.3 Å². The highest BCUT2D eigenvalue weighted by molar-refractivity contribution is 5.86. The Kier molecular flexibility index (Phi) is 4.11. The molecule has 0 unspecified atom stereocenters. The Morgan fingerprint density at radius 1 is 1.00 bits per heavy atom. The van der Waals surface area contributed by atoms with E-state index in [9.17, 15) is 19.1 Å². The Morgan fingerprint density at radius 2 is 1.60 bits per heavy atom. The summed E-state index contributed by atoms with van der Waals surface area (Å²) in [6, 6.07) is 6.32. The standard InChI is InChI=1S/C18H21FN2O4/c19-11-1-3-12(4-2-11)20-7-9-21(10-8-20)17(22)15-13-5-6-14(25-13)16(15)18(23)24/h1-4,13-16H,5-10H2,(H,23,24)/t13-,14-,15+,16+/m1/s1. The summed E-state index contributed by atoms with van der Waals surface area (Å²) in [6.07, 6.45) is 0.912. The molecule has 6 nitrogen and oxygen atoms in total. The number of anilines is 1. The highest BCUT2D eigenvalue weighted by atomic mass is 19.1. The van der Waals surface area contributed by atoms with Crippen molar-refractivity contribution in [1.82, 2.24) is 4.90 Å². The van der Waals surface area contributed by atoms with Crippen LogP contribution in [0.1, 0.15) is 12.8 Å². The van der Waals surface area contributed by atoms with Gasteiger partial charge in [-0.1, -0.05) is 0 Å². The number of ether oxygens (including phenoxy) is 1. The first kappa shape index (κ1) is 16.3. The fraction of sp³-hybridized carbons (Fsp3) is 0.556. The number of hydrogen-bond donors (Lipinski definition) is 1. The van der Waals surface area contributed by atoms with Crippen LogP contribution in [0.25, 0.3) is 0 Å². The summed E-state index contributed by atoms with van der Waals surface area (Å²) in [5.41, 5.74) is 0.931. The largest absolute Gasteiger partial charge is 0.481 e. The summed E-state index contributed by atoms with van der Waals surface area (Å²) >= 11 is 0. The van der Waals surface area contributed by atoms with E-state index < -0.39 is 17.8 Å². The number of carboxylic acids is 1. The lowest BCUT2D eigenvalue weighted by Crippen LogP contribution is -2.53. The topological polar surface area (TPSA) is 70.1 Å². The Balaban J connectivity index is 1.41. The molecule has 4 atom stereocenters. The lowest BCUT2D eigenvalue weighted by molar-refractivity contribution is -0.151. The maximum absolute atomic E-state index is 13.0.